The summed E-state index contributed by atoms with van der Waals surface area (Å²) in [5, 5.41) is 3.38. The van der Waals surface area contributed by atoms with E-state index in [1.807, 2.05) is 36.2 Å². The number of hydrogen-bond donors (Lipinski definition) is 1. The fourth-order valence-corrected chi connectivity index (χ4v) is 2.85. The van der Waals surface area contributed by atoms with Gasteiger partial charge in [-0.3, -0.25) is 4.79 Å². The van der Waals surface area contributed by atoms with E-state index in [0.29, 0.717) is 19.0 Å². The molecule has 28 heavy (non-hydrogen) atoms. The molecule has 1 heterocycles. The van der Waals surface area contributed by atoms with E-state index in [2.05, 4.69) is 10.3 Å². The molecule has 0 saturated carbocycles. The van der Waals surface area contributed by atoms with Gasteiger partial charge in [0.25, 0.3) is 0 Å². The van der Waals surface area contributed by atoms with Crippen molar-refractivity contribution < 1.29 is 14.3 Å². The van der Waals surface area contributed by atoms with Gasteiger partial charge in [0.2, 0.25) is 5.91 Å². The van der Waals surface area contributed by atoms with Gasteiger partial charge >= 0.3 is 0 Å². The minimum atomic E-state index is -0.0268. The van der Waals surface area contributed by atoms with Crippen molar-refractivity contribution >= 4 is 35.8 Å². The first-order valence-electron chi connectivity index (χ1n) is 9.43. The summed E-state index contributed by atoms with van der Waals surface area (Å²) < 4.78 is 11.0. The van der Waals surface area contributed by atoms with Crippen molar-refractivity contribution in [1.29, 1.82) is 0 Å². The van der Waals surface area contributed by atoms with E-state index in [4.69, 9.17) is 9.47 Å². The largest absolute Gasteiger partial charge is 0.497 e. The first-order chi connectivity index (χ1) is 13.0. The molecule has 0 aromatic heterocycles. The fraction of sp³-hybridized carbons (Fsp3) is 0.600. The van der Waals surface area contributed by atoms with Crippen LogP contribution in [0, 0.1) is 0 Å². The molecule has 7 nitrogen and oxygen atoms in total. The molecule has 1 N–H and O–H groups in total. The number of halogens is 1. The van der Waals surface area contributed by atoms with Crippen LogP contribution in [0.5, 0.6) is 5.75 Å². The lowest BCUT2D eigenvalue weighted by Gasteiger charge is -2.27. The maximum atomic E-state index is 11.9. The van der Waals surface area contributed by atoms with Gasteiger partial charge in [-0.1, -0.05) is 12.1 Å². The topological polar surface area (TPSA) is 66.4 Å². The number of benzene rings is 1. The standard InChI is InChI=1S/C20H32N4O3.HI/c1-23(2)19(25)14-22-20(21-13-18-7-5-6-12-27-18)24(3)15-16-8-10-17(26-4)11-9-16;/h8-11,18H,5-7,12-15H2,1-4H3,(H,21,22);1H. The molecule has 1 atom stereocenters. The number of hydrogen-bond acceptors (Lipinski definition) is 4. The second-order valence-electron chi connectivity index (χ2n) is 7.00. The molecule has 1 aromatic carbocycles. The smallest absolute Gasteiger partial charge is 0.243 e. The molecule has 1 amide bonds. The molecular weight excluding hydrogens is 471 g/mol. The Morgan fingerprint density at radius 2 is 1.96 bits per heavy atom. The Bertz CT molecular complexity index is 616. The highest BCUT2D eigenvalue weighted by Crippen LogP contribution is 2.13. The SMILES string of the molecule is COc1ccc(CN(C)C(=NCC(=O)N(C)C)NCC2CCCCO2)cc1.I. The minimum Gasteiger partial charge on any atom is -0.497 e. The lowest BCUT2D eigenvalue weighted by atomic mass is 10.1. The highest BCUT2D eigenvalue weighted by atomic mass is 127. The van der Waals surface area contributed by atoms with E-state index in [0.717, 1.165) is 30.8 Å². The van der Waals surface area contributed by atoms with Crippen molar-refractivity contribution in [3.63, 3.8) is 0 Å². The van der Waals surface area contributed by atoms with Crippen LogP contribution < -0.4 is 10.1 Å². The van der Waals surface area contributed by atoms with Gasteiger partial charge in [0.15, 0.2) is 5.96 Å². The highest BCUT2D eigenvalue weighted by Gasteiger charge is 2.16. The van der Waals surface area contributed by atoms with Crippen LogP contribution in [0.15, 0.2) is 29.3 Å². The molecule has 1 aromatic rings. The van der Waals surface area contributed by atoms with Gasteiger partial charge in [0.05, 0.1) is 13.2 Å². The molecule has 0 radical (unpaired) electrons. The molecular formula is C20H33IN4O3. The number of rotatable bonds is 7. The number of guanidine groups is 1. The van der Waals surface area contributed by atoms with Crippen LogP contribution in [-0.2, 0) is 16.1 Å². The van der Waals surface area contributed by atoms with E-state index in [1.165, 1.54) is 6.42 Å². The Morgan fingerprint density at radius 3 is 2.54 bits per heavy atom. The number of amides is 1. The molecule has 1 unspecified atom stereocenters. The molecule has 1 saturated heterocycles. The van der Waals surface area contributed by atoms with Crippen LogP contribution in [0.1, 0.15) is 24.8 Å². The summed E-state index contributed by atoms with van der Waals surface area (Å²) >= 11 is 0. The average Bonchev–Trinajstić information content (AvgIpc) is 2.69. The Kier molecular flexibility index (Phi) is 11.2. The van der Waals surface area contributed by atoms with Crippen LogP contribution in [0.2, 0.25) is 0 Å². The zero-order valence-electron chi connectivity index (χ0n) is 17.3. The summed E-state index contributed by atoms with van der Waals surface area (Å²) in [5.41, 5.74) is 1.14. The van der Waals surface area contributed by atoms with Gasteiger partial charge in [-0.25, -0.2) is 4.99 Å². The van der Waals surface area contributed by atoms with E-state index in [-0.39, 0.29) is 42.5 Å². The fourth-order valence-electron chi connectivity index (χ4n) is 2.85. The van der Waals surface area contributed by atoms with E-state index >= 15 is 0 Å². The maximum absolute atomic E-state index is 11.9. The Morgan fingerprint density at radius 1 is 1.25 bits per heavy atom. The van der Waals surface area contributed by atoms with E-state index < -0.39 is 0 Å². The second kappa shape index (κ2) is 12.8. The van der Waals surface area contributed by atoms with Gasteiger partial charge in [0, 0.05) is 40.8 Å². The van der Waals surface area contributed by atoms with Crippen molar-refractivity contribution in [3.8, 4) is 5.75 Å². The van der Waals surface area contributed by atoms with Crippen LogP contribution in [0.4, 0.5) is 0 Å². The Hall–Kier alpha value is -1.55. The summed E-state index contributed by atoms with van der Waals surface area (Å²) in [6.07, 6.45) is 3.58. The molecule has 1 aliphatic rings. The quantitative estimate of drug-likeness (QED) is 0.351. The predicted molar refractivity (Wildman–Crippen MR) is 122 cm³/mol. The summed E-state index contributed by atoms with van der Waals surface area (Å²) in [4.78, 5) is 20.0. The molecule has 0 bridgehead atoms. The highest BCUT2D eigenvalue weighted by molar-refractivity contribution is 14.0. The monoisotopic (exact) mass is 504 g/mol. The summed E-state index contributed by atoms with van der Waals surface area (Å²) in [7, 11) is 7.10. The summed E-state index contributed by atoms with van der Waals surface area (Å²) in [6.45, 7) is 2.31. The zero-order valence-corrected chi connectivity index (χ0v) is 19.6. The number of methoxy groups -OCH3 is 1. The first-order valence-corrected chi connectivity index (χ1v) is 9.43. The zero-order chi connectivity index (χ0) is 19.6. The van der Waals surface area contributed by atoms with Crippen molar-refractivity contribution in [2.24, 2.45) is 4.99 Å². The number of carbonyl (C=O) groups excluding carboxylic acids is 1. The number of aliphatic imine (C=N–C) groups is 1. The summed E-state index contributed by atoms with van der Waals surface area (Å²) in [6, 6.07) is 7.95. The molecule has 8 heteroatoms. The number of nitrogens with zero attached hydrogens (tertiary/aromatic N) is 3. The van der Waals surface area contributed by atoms with Crippen molar-refractivity contribution in [1.82, 2.24) is 15.1 Å². The third kappa shape index (κ3) is 8.22. The summed E-state index contributed by atoms with van der Waals surface area (Å²) in [5.74, 6) is 1.51. The maximum Gasteiger partial charge on any atom is 0.243 e. The number of carbonyl (C=O) groups is 1. The lowest BCUT2D eigenvalue weighted by Crippen LogP contribution is -2.43. The van der Waals surface area contributed by atoms with Crippen molar-refractivity contribution in [3.05, 3.63) is 29.8 Å². The van der Waals surface area contributed by atoms with Gasteiger partial charge in [0.1, 0.15) is 12.3 Å². The lowest BCUT2D eigenvalue weighted by molar-refractivity contribution is -0.127. The van der Waals surface area contributed by atoms with Crippen molar-refractivity contribution in [2.75, 3.05) is 47.9 Å². The van der Waals surface area contributed by atoms with Gasteiger partial charge in [-0.2, -0.15) is 0 Å². The second-order valence-corrected chi connectivity index (χ2v) is 7.00. The average molecular weight is 504 g/mol. The first kappa shape index (κ1) is 24.5. The number of nitrogens with one attached hydrogen (secondary N) is 1. The number of likely N-dealkylation sites (N-methyl/N-ethyl adjacent to an activating group) is 1. The molecule has 2 rings (SSSR count). The van der Waals surface area contributed by atoms with Crippen molar-refractivity contribution in [2.45, 2.75) is 31.9 Å². The van der Waals surface area contributed by atoms with Gasteiger partial charge in [-0.05, 0) is 37.0 Å². The van der Waals surface area contributed by atoms with E-state index in [9.17, 15) is 4.79 Å². The molecule has 158 valence electrons. The minimum absolute atomic E-state index is 0. The van der Waals surface area contributed by atoms with Crippen LogP contribution in [0.25, 0.3) is 0 Å². The molecule has 0 aliphatic carbocycles. The van der Waals surface area contributed by atoms with Gasteiger partial charge in [-0.15, -0.1) is 24.0 Å². The predicted octanol–water partition coefficient (Wildman–Crippen LogP) is 2.35. The Balaban J connectivity index is 0.00000392. The van der Waals surface area contributed by atoms with Crippen LogP contribution >= 0.6 is 24.0 Å². The molecule has 0 spiro atoms. The normalized spacial score (nSPS) is 16.7. The van der Waals surface area contributed by atoms with Gasteiger partial charge < -0.3 is 24.6 Å². The van der Waals surface area contributed by atoms with E-state index in [1.54, 1.807) is 26.1 Å². The van der Waals surface area contributed by atoms with Crippen LogP contribution in [-0.4, -0.2) is 75.7 Å². The Labute approximate surface area is 185 Å². The van der Waals surface area contributed by atoms with Crippen LogP contribution in [0.3, 0.4) is 0 Å². The number of ether oxygens (including phenoxy) is 2. The third-order valence-electron chi connectivity index (χ3n) is 4.57. The molecule has 1 fully saturated rings. The third-order valence-corrected chi connectivity index (χ3v) is 4.57. The molecule has 1 aliphatic heterocycles.